The summed E-state index contributed by atoms with van der Waals surface area (Å²) in [5.74, 6) is 2.34. The summed E-state index contributed by atoms with van der Waals surface area (Å²) in [6.07, 6.45) is 6.04. The highest BCUT2D eigenvalue weighted by Crippen LogP contribution is 2.66. The summed E-state index contributed by atoms with van der Waals surface area (Å²) in [4.78, 5) is 0.0815. The maximum atomic E-state index is 13.3. The van der Waals surface area contributed by atoms with E-state index < -0.39 is 19.4 Å². The molecule has 0 bridgehead atoms. The lowest BCUT2D eigenvalue weighted by molar-refractivity contribution is -0.123. The maximum absolute atomic E-state index is 13.3. The third kappa shape index (κ3) is 5.99. The normalized spacial score (nSPS) is 29.8. The minimum Gasteiger partial charge on any atom is -0.497 e. The van der Waals surface area contributed by atoms with Gasteiger partial charge in [0, 0.05) is 12.5 Å². The van der Waals surface area contributed by atoms with Gasteiger partial charge in [-0.05, 0) is 98.6 Å². The second-order valence-electron chi connectivity index (χ2n) is 12.0. The summed E-state index contributed by atoms with van der Waals surface area (Å²) in [6, 6.07) is 13.1. The number of alkyl halides is 3. The van der Waals surface area contributed by atoms with Crippen LogP contribution in [0.25, 0.3) is 0 Å². The van der Waals surface area contributed by atoms with Gasteiger partial charge in [0.2, 0.25) is 9.69 Å². The molecule has 5 rings (SSSR count). The highest BCUT2D eigenvalue weighted by atomic mass is 35.6. The van der Waals surface area contributed by atoms with Crippen LogP contribution in [0, 0.1) is 24.2 Å². The third-order valence-corrected chi connectivity index (χ3v) is 11.6. The summed E-state index contributed by atoms with van der Waals surface area (Å²) in [6.45, 7) is 3.87. The zero-order chi connectivity index (χ0) is 29.6. The quantitative estimate of drug-likeness (QED) is 0.175. The molecule has 2 aromatic carbocycles. The van der Waals surface area contributed by atoms with Gasteiger partial charge in [-0.15, -0.1) is 4.40 Å². The average Bonchev–Trinajstić information content (AvgIpc) is 3.23. The van der Waals surface area contributed by atoms with Gasteiger partial charge in [0.15, 0.2) is 0 Å². The first-order chi connectivity index (χ1) is 19.3. The highest BCUT2D eigenvalue weighted by Gasteiger charge is 2.63. The van der Waals surface area contributed by atoms with E-state index in [1.807, 2.05) is 6.92 Å². The first-order valence-electron chi connectivity index (χ1n) is 14.1. The molecule has 2 aromatic rings. The Kier molecular flexibility index (Phi) is 8.70. The Morgan fingerprint density at radius 3 is 2.44 bits per heavy atom. The summed E-state index contributed by atoms with van der Waals surface area (Å²) >= 11 is 18.0. The van der Waals surface area contributed by atoms with Crippen molar-refractivity contribution >= 4 is 50.7 Å². The number of nitrogens with zero attached hydrogens (tertiary/aromatic N) is 1. The van der Waals surface area contributed by atoms with Crippen LogP contribution in [0.3, 0.4) is 0 Å². The van der Waals surface area contributed by atoms with Gasteiger partial charge in [0.25, 0.3) is 10.0 Å². The van der Waals surface area contributed by atoms with Crippen LogP contribution in [0.15, 0.2) is 51.8 Å². The van der Waals surface area contributed by atoms with E-state index in [1.165, 1.54) is 23.3 Å². The van der Waals surface area contributed by atoms with Gasteiger partial charge in [-0.3, -0.25) is 0 Å². The summed E-state index contributed by atoms with van der Waals surface area (Å²) in [5, 5.41) is 0. The predicted molar refractivity (Wildman–Crippen MR) is 164 cm³/mol. The van der Waals surface area contributed by atoms with Crippen molar-refractivity contribution in [2.24, 2.45) is 21.6 Å². The Bertz CT molecular complexity index is 1410. The van der Waals surface area contributed by atoms with E-state index in [2.05, 4.69) is 29.5 Å². The van der Waals surface area contributed by atoms with Crippen LogP contribution in [0.5, 0.6) is 5.75 Å². The number of sulfonamides is 1. The molecular formula is C31H38Cl3NO5S. The Labute approximate surface area is 258 Å². The molecule has 0 unspecified atom stereocenters. The number of hydrogen-bond donors (Lipinski definition) is 0. The SMILES string of the molecule is COc1ccc2c(c1)CC[C@@H]1[C@@H]2CC[C@@]2(C)[C@H]1CC[C@]2(CC(=NS(=O)(=O)c1ccc(C)cc1)OCC(Cl)(Cl)Cl)OC. The van der Waals surface area contributed by atoms with Gasteiger partial charge in [-0.1, -0.05) is 65.5 Å². The molecule has 10 heteroatoms. The van der Waals surface area contributed by atoms with Crippen molar-refractivity contribution in [2.45, 2.75) is 79.0 Å². The largest absolute Gasteiger partial charge is 0.497 e. The molecule has 0 N–H and O–H groups in total. The van der Waals surface area contributed by atoms with Crippen molar-refractivity contribution in [3.8, 4) is 5.75 Å². The van der Waals surface area contributed by atoms with Crippen LogP contribution in [0.4, 0.5) is 0 Å². The molecule has 2 fully saturated rings. The number of hydrogen-bond acceptors (Lipinski definition) is 5. The van der Waals surface area contributed by atoms with E-state index in [4.69, 9.17) is 49.0 Å². The van der Waals surface area contributed by atoms with E-state index in [0.717, 1.165) is 49.8 Å². The van der Waals surface area contributed by atoms with Crippen LogP contribution in [-0.4, -0.2) is 44.5 Å². The minimum atomic E-state index is -4.06. The second kappa shape index (κ2) is 11.5. The molecule has 0 aliphatic heterocycles. The topological polar surface area (TPSA) is 74.2 Å². The molecular weight excluding hydrogens is 605 g/mol. The van der Waals surface area contributed by atoms with Gasteiger partial charge in [0.05, 0.1) is 24.0 Å². The van der Waals surface area contributed by atoms with Gasteiger partial charge < -0.3 is 14.2 Å². The molecule has 2 saturated carbocycles. The molecule has 3 aliphatic carbocycles. The molecule has 0 amide bonds. The van der Waals surface area contributed by atoms with Crippen LogP contribution in [0.2, 0.25) is 0 Å². The monoisotopic (exact) mass is 641 g/mol. The van der Waals surface area contributed by atoms with Crippen LogP contribution in [0.1, 0.15) is 68.1 Å². The second-order valence-corrected chi connectivity index (χ2v) is 16.1. The summed E-state index contributed by atoms with van der Waals surface area (Å²) < 4.78 is 46.8. The fourth-order valence-electron chi connectivity index (χ4n) is 7.89. The summed E-state index contributed by atoms with van der Waals surface area (Å²) in [7, 11) is -0.637. The fourth-order valence-corrected chi connectivity index (χ4v) is 9.03. The maximum Gasteiger partial charge on any atom is 0.285 e. The molecule has 0 radical (unpaired) electrons. The van der Waals surface area contributed by atoms with Gasteiger partial charge >= 0.3 is 0 Å². The first kappa shape index (κ1) is 30.9. The molecule has 0 aromatic heterocycles. The third-order valence-electron chi connectivity index (χ3n) is 9.99. The molecule has 224 valence electrons. The Morgan fingerprint density at radius 2 is 1.78 bits per heavy atom. The lowest BCUT2D eigenvalue weighted by Gasteiger charge is -2.54. The molecule has 0 heterocycles. The van der Waals surface area contributed by atoms with Crippen molar-refractivity contribution < 1.29 is 22.6 Å². The lowest BCUT2D eigenvalue weighted by Crippen LogP contribution is -2.53. The van der Waals surface area contributed by atoms with E-state index in [9.17, 15) is 8.42 Å². The molecule has 5 atom stereocenters. The van der Waals surface area contributed by atoms with Gasteiger partial charge in [0.1, 0.15) is 12.4 Å². The number of benzene rings is 2. The molecule has 3 aliphatic rings. The van der Waals surface area contributed by atoms with E-state index in [0.29, 0.717) is 17.8 Å². The summed E-state index contributed by atoms with van der Waals surface area (Å²) in [5.41, 5.74) is 2.91. The Hall–Kier alpha value is -1.51. The smallest absolute Gasteiger partial charge is 0.285 e. The standard InChI is InChI=1S/C31H38Cl3NO5S/c1-20-5-9-23(10-6-20)41(36,37)35-28(40-19-31(32,33)34)18-30(39-4)16-14-27-26-11-7-21-17-22(38-3)8-12-24(21)25(26)13-15-29(27,30)2/h5-6,8-10,12,17,25-27H,7,11,13-16,18-19H2,1-4H3/t25-,26-,27+,29+,30-/m1/s1. The minimum absolute atomic E-state index is 0.00355. The average molecular weight is 643 g/mol. The Morgan fingerprint density at radius 1 is 1.05 bits per heavy atom. The van der Waals surface area contributed by atoms with Crippen LogP contribution >= 0.6 is 34.8 Å². The number of ether oxygens (including phenoxy) is 3. The highest BCUT2D eigenvalue weighted by molar-refractivity contribution is 7.90. The number of aryl methyl sites for hydroxylation is 2. The van der Waals surface area contributed by atoms with E-state index in [-0.39, 0.29) is 29.2 Å². The first-order valence-corrected chi connectivity index (χ1v) is 16.7. The van der Waals surface area contributed by atoms with Gasteiger partial charge in [-0.2, -0.15) is 8.42 Å². The van der Waals surface area contributed by atoms with Crippen molar-refractivity contribution in [3.63, 3.8) is 0 Å². The van der Waals surface area contributed by atoms with Crippen LogP contribution in [-0.2, 0) is 25.9 Å². The number of fused-ring (bicyclic) bond motifs is 5. The van der Waals surface area contributed by atoms with E-state index >= 15 is 0 Å². The van der Waals surface area contributed by atoms with Crippen molar-refractivity contribution in [2.75, 3.05) is 20.8 Å². The molecule has 41 heavy (non-hydrogen) atoms. The predicted octanol–water partition coefficient (Wildman–Crippen LogP) is 7.81. The fraction of sp³-hybridized carbons (Fsp3) is 0.581. The Balaban J connectivity index is 1.46. The molecule has 6 nitrogen and oxygen atoms in total. The van der Waals surface area contributed by atoms with Crippen LogP contribution < -0.4 is 4.74 Å². The number of rotatable bonds is 7. The van der Waals surface area contributed by atoms with Crippen molar-refractivity contribution in [3.05, 3.63) is 59.2 Å². The zero-order valence-corrected chi connectivity index (χ0v) is 27.0. The molecule has 0 spiro atoms. The number of methoxy groups -OCH3 is 2. The van der Waals surface area contributed by atoms with Gasteiger partial charge in [-0.25, -0.2) is 0 Å². The van der Waals surface area contributed by atoms with E-state index in [1.54, 1.807) is 26.4 Å². The van der Waals surface area contributed by atoms with Crippen molar-refractivity contribution in [1.82, 2.24) is 0 Å². The molecule has 0 saturated heterocycles. The zero-order valence-electron chi connectivity index (χ0n) is 24.0. The van der Waals surface area contributed by atoms with Crippen molar-refractivity contribution in [1.29, 1.82) is 0 Å². The lowest BCUT2D eigenvalue weighted by atomic mass is 9.53. The number of halogens is 3.